The summed E-state index contributed by atoms with van der Waals surface area (Å²) in [6.07, 6.45) is 3.13. The van der Waals surface area contributed by atoms with E-state index in [2.05, 4.69) is 5.32 Å². The molecule has 0 aromatic rings. The van der Waals surface area contributed by atoms with Gasteiger partial charge in [-0.3, -0.25) is 4.79 Å². The van der Waals surface area contributed by atoms with Gasteiger partial charge in [0.25, 0.3) is 0 Å². The molecule has 1 fully saturated rings. The first-order valence-electron chi connectivity index (χ1n) is 5.35. The first kappa shape index (κ1) is 11.5. The SMILES string of the molecule is CCC(N)CC(=O)NC1CCOCC1. The minimum absolute atomic E-state index is 0.00478. The molecule has 1 aliphatic heterocycles. The van der Waals surface area contributed by atoms with Crippen LogP contribution in [0.25, 0.3) is 0 Å². The molecule has 0 aromatic heterocycles. The van der Waals surface area contributed by atoms with Crippen molar-refractivity contribution in [3.8, 4) is 0 Å². The van der Waals surface area contributed by atoms with Crippen LogP contribution in [-0.4, -0.2) is 31.2 Å². The van der Waals surface area contributed by atoms with E-state index in [0.717, 1.165) is 32.5 Å². The van der Waals surface area contributed by atoms with Gasteiger partial charge >= 0.3 is 0 Å². The number of rotatable bonds is 4. The van der Waals surface area contributed by atoms with E-state index < -0.39 is 0 Å². The minimum Gasteiger partial charge on any atom is -0.381 e. The predicted octanol–water partition coefficient (Wildman–Crippen LogP) is 0.409. The van der Waals surface area contributed by atoms with Crippen molar-refractivity contribution in [2.24, 2.45) is 5.73 Å². The summed E-state index contributed by atoms with van der Waals surface area (Å²) < 4.78 is 5.21. The molecule has 1 atom stereocenters. The monoisotopic (exact) mass is 200 g/mol. The van der Waals surface area contributed by atoms with Crippen molar-refractivity contribution in [1.29, 1.82) is 0 Å². The number of amides is 1. The van der Waals surface area contributed by atoms with E-state index in [0.29, 0.717) is 12.5 Å². The Labute approximate surface area is 85.2 Å². The minimum atomic E-state index is -0.00478. The Kier molecular flexibility index (Phi) is 4.90. The third-order valence-corrected chi connectivity index (χ3v) is 2.56. The molecule has 1 heterocycles. The normalized spacial score (nSPS) is 20.4. The van der Waals surface area contributed by atoms with Crippen LogP contribution in [0.3, 0.4) is 0 Å². The summed E-state index contributed by atoms with van der Waals surface area (Å²) in [7, 11) is 0. The smallest absolute Gasteiger partial charge is 0.221 e. The van der Waals surface area contributed by atoms with Crippen LogP contribution in [0.15, 0.2) is 0 Å². The lowest BCUT2D eigenvalue weighted by atomic mass is 10.1. The predicted molar refractivity (Wildman–Crippen MR) is 54.9 cm³/mol. The lowest BCUT2D eigenvalue weighted by molar-refractivity contribution is -0.122. The second-order valence-corrected chi connectivity index (χ2v) is 3.83. The topological polar surface area (TPSA) is 64.4 Å². The van der Waals surface area contributed by atoms with Crippen LogP contribution in [0.1, 0.15) is 32.6 Å². The fraction of sp³-hybridized carbons (Fsp3) is 0.900. The largest absolute Gasteiger partial charge is 0.381 e. The molecule has 1 aliphatic rings. The zero-order valence-electron chi connectivity index (χ0n) is 8.79. The first-order valence-corrected chi connectivity index (χ1v) is 5.35. The Morgan fingerprint density at radius 2 is 2.21 bits per heavy atom. The number of ether oxygens (including phenoxy) is 1. The summed E-state index contributed by atoms with van der Waals surface area (Å²) in [6.45, 7) is 3.50. The van der Waals surface area contributed by atoms with Crippen LogP contribution >= 0.6 is 0 Å². The average Bonchev–Trinajstić information content (AvgIpc) is 2.19. The van der Waals surface area contributed by atoms with Crippen LogP contribution in [-0.2, 0) is 9.53 Å². The highest BCUT2D eigenvalue weighted by atomic mass is 16.5. The standard InChI is InChI=1S/C10H20N2O2/c1-2-8(11)7-10(13)12-9-3-5-14-6-4-9/h8-9H,2-7,11H2,1H3,(H,12,13). The molecule has 1 amide bonds. The van der Waals surface area contributed by atoms with E-state index in [-0.39, 0.29) is 11.9 Å². The van der Waals surface area contributed by atoms with Gasteiger partial charge in [-0.1, -0.05) is 6.92 Å². The molecular weight excluding hydrogens is 180 g/mol. The summed E-state index contributed by atoms with van der Waals surface area (Å²) in [5.74, 6) is 0.0752. The van der Waals surface area contributed by atoms with Gasteiger partial charge in [0.05, 0.1) is 0 Å². The van der Waals surface area contributed by atoms with E-state index in [4.69, 9.17) is 10.5 Å². The van der Waals surface area contributed by atoms with E-state index in [9.17, 15) is 4.79 Å². The van der Waals surface area contributed by atoms with E-state index in [1.54, 1.807) is 0 Å². The van der Waals surface area contributed by atoms with Crippen LogP contribution in [0.2, 0.25) is 0 Å². The first-order chi connectivity index (χ1) is 6.72. The van der Waals surface area contributed by atoms with Gasteiger partial charge in [-0.25, -0.2) is 0 Å². The molecule has 0 aliphatic carbocycles. The van der Waals surface area contributed by atoms with Gasteiger partial charge < -0.3 is 15.8 Å². The van der Waals surface area contributed by atoms with Gasteiger partial charge in [-0.05, 0) is 19.3 Å². The number of nitrogens with two attached hydrogens (primary N) is 1. The maximum absolute atomic E-state index is 11.4. The molecule has 4 heteroatoms. The molecule has 1 saturated heterocycles. The van der Waals surface area contributed by atoms with E-state index >= 15 is 0 Å². The molecule has 3 N–H and O–H groups in total. The van der Waals surface area contributed by atoms with Crippen molar-refractivity contribution in [1.82, 2.24) is 5.32 Å². The van der Waals surface area contributed by atoms with Crippen LogP contribution in [0.5, 0.6) is 0 Å². The quantitative estimate of drug-likeness (QED) is 0.691. The maximum Gasteiger partial charge on any atom is 0.221 e. The molecule has 0 saturated carbocycles. The Bertz CT molecular complexity index is 179. The van der Waals surface area contributed by atoms with Gasteiger partial charge in [0.1, 0.15) is 0 Å². The Morgan fingerprint density at radius 3 is 2.79 bits per heavy atom. The number of hydrogen-bond acceptors (Lipinski definition) is 3. The summed E-state index contributed by atoms with van der Waals surface area (Å²) >= 11 is 0. The summed E-state index contributed by atoms with van der Waals surface area (Å²) in [5, 5.41) is 2.99. The molecular formula is C10H20N2O2. The van der Waals surface area contributed by atoms with Crippen molar-refractivity contribution in [2.75, 3.05) is 13.2 Å². The Morgan fingerprint density at radius 1 is 1.57 bits per heavy atom. The number of carbonyl (C=O) groups is 1. The van der Waals surface area contributed by atoms with Crippen molar-refractivity contribution in [3.05, 3.63) is 0 Å². The third kappa shape index (κ3) is 4.07. The maximum atomic E-state index is 11.4. The Hall–Kier alpha value is -0.610. The van der Waals surface area contributed by atoms with E-state index in [1.807, 2.05) is 6.92 Å². The molecule has 1 rings (SSSR count). The zero-order valence-corrected chi connectivity index (χ0v) is 8.79. The second kappa shape index (κ2) is 5.98. The van der Waals surface area contributed by atoms with Crippen LogP contribution in [0.4, 0.5) is 0 Å². The molecule has 0 spiro atoms. The van der Waals surface area contributed by atoms with Crippen molar-refractivity contribution < 1.29 is 9.53 Å². The Balaban J connectivity index is 2.18. The zero-order chi connectivity index (χ0) is 10.4. The van der Waals surface area contributed by atoms with Gasteiger partial charge in [-0.2, -0.15) is 0 Å². The molecule has 4 nitrogen and oxygen atoms in total. The van der Waals surface area contributed by atoms with Crippen molar-refractivity contribution in [3.63, 3.8) is 0 Å². The molecule has 14 heavy (non-hydrogen) atoms. The van der Waals surface area contributed by atoms with Crippen molar-refractivity contribution in [2.45, 2.75) is 44.7 Å². The average molecular weight is 200 g/mol. The fourth-order valence-corrected chi connectivity index (χ4v) is 1.51. The van der Waals surface area contributed by atoms with E-state index in [1.165, 1.54) is 0 Å². The lowest BCUT2D eigenvalue weighted by Crippen LogP contribution is -2.41. The summed E-state index contributed by atoms with van der Waals surface area (Å²) in [4.78, 5) is 11.4. The molecule has 0 aromatic carbocycles. The highest BCUT2D eigenvalue weighted by Crippen LogP contribution is 2.06. The number of nitrogens with one attached hydrogen (secondary N) is 1. The lowest BCUT2D eigenvalue weighted by Gasteiger charge is -2.23. The van der Waals surface area contributed by atoms with Gasteiger partial charge in [0.15, 0.2) is 0 Å². The third-order valence-electron chi connectivity index (χ3n) is 2.56. The fourth-order valence-electron chi connectivity index (χ4n) is 1.51. The molecule has 1 unspecified atom stereocenters. The number of hydrogen-bond donors (Lipinski definition) is 2. The highest BCUT2D eigenvalue weighted by Gasteiger charge is 2.16. The molecule has 0 bridgehead atoms. The van der Waals surface area contributed by atoms with Gasteiger partial charge in [0.2, 0.25) is 5.91 Å². The van der Waals surface area contributed by atoms with Gasteiger partial charge in [0, 0.05) is 31.7 Å². The summed E-state index contributed by atoms with van der Waals surface area (Å²) in [6, 6.07) is 0.287. The highest BCUT2D eigenvalue weighted by molar-refractivity contribution is 5.76. The molecule has 82 valence electrons. The summed E-state index contributed by atoms with van der Waals surface area (Å²) in [5.41, 5.74) is 5.69. The van der Waals surface area contributed by atoms with Crippen molar-refractivity contribution >= 4 is 5.91 Å². The second-order valence-electron chi connectivity index (χ2n) is 3.83. The van der Waals surface area contributed by atoms with Crippen LogP contribution in [0, 0.1) is 0 Å². The van der Waals surface area contributed by atoms with Crippen LogP contribution < -0.4 is 11.1 Å². The molecule has 0 radical (unpaired) electrons. The van der Waals surface area contributed by atoms with Gasteiger partial charge in [-0.15, -0.1) is 0 Å². The number of carbonyl (C=O) groups excluding carboxylic acids is 1.